The summed E-state index contributed by atoms with van der Waals surface area (Å²) in [4.78, 5) is 10.8. The van der Waals surface area contributed by atoms with Gasteiger partial charge in [-0.05, 0) is 13.0 Å². The number of aromatic hydroxyl groups is 2. The molecule has 1 aromatic rings. The number of phenols is 2. The normalized spacial score (nSPS) is 10.2. The highest BCUT2D eigenvalue weighted by atomic mass is 79.9. The molecule has 0 saturated heterocycles. The van der Waals surface area contributed by atoms with Crippen LogP contribution in [0.4, 0.5) is 4.39 Å². The topological polar surface area (TPSA) is 57.5 Å². The molecule has 0 bridgehead atoms. The molecule has 0 aromatic heterocycles. The van der Waals surface area contributed by atoms with Crippen molar-refractivity contribution in [1.29, 1.82) is 0 Å². The van der Waals surface area contributed by atoms with Gasteiger partial charge in [-0.1, -0.05) is 15.9 Å². The summed E-state index contributed by atoms with van der Waals surface area (Å²) in [6.07, 6.45) is -0.125. The van der Waals surface area contributed by atoms with Crippen molar-refractivity contribution in [2.24, 2.45) is 0 Å². The second kappa shape index (κ2) is 3.96. The number of benzene rings is 1. The van der Waals surface area contributed by atoms with E-state index in [4.69, 9.17) is 10.2 Å². The van der Waals surface area contributed by atoms with Crippen LogP contribution in [0.2, 0.25) is 0 Å². The fourth-order valence-corrected chi connectivity index (χ4v) is 1.58. The van der Waals surface area contributed by atoms with Crippen LogP contribution in [0, 0.1) is 5.82 Å². The van der Waals surface area contributed by atoms with E-state index in [0.717, 1.165) is 6.07 Å². The highest BCUT2D eigenvalue weighted by Gasteiger charge is 2.17. The Bertz CT molecular complexity index is 390. The van der Waals surface area contributed by atoms with E-state index in [1.165, 1.54) is 6.92 Å². The van der Waals surface area contributed by atoms with Crippen LogP contribution in [0.15, 0.2) is 10.5 Å². The van der Waals surface area contributed by atoms with Crippen LogP contribution in [0.1, 0.15) is 12.5 Å². The Balaban J connectivity index is 3.29. The van der Waals surface area contributed by atoms with Gasteiger partial charge in [0.05, 0.1) is 0 Å². The van der Waals surface area contributed by atoms with Gasteiger partial charge in [0.25, 0.3) is 0 Å². The van der Waals surface area contributed by atoms with Gasteiger partial charge in [0, 0.05) is 16.5 Å². The smallest absolute Gasteiger partial charge is 0.194 e. The van der Waals surface area contributed by atoms with Crippen molar-refractivity contribution in [1.82, 2.24) is 0 Å². The average Bonchev–Trinajstić information content (AvgIpc) is 2.09. The van der Waals surface area contributed by atoms with E-state index in [0.29, 0.717) is 0 Å². The maximum atomic E-state index is 13.3. The minimum absolute atomic E-state index is 0.0489. The molecule has 76 valence electrons. The van der Waals surface area contributed by atoms with Crippen LogP contribution in [0.3, 0.4) is 0 Å². The van der Waals surface area contributed by atoms with E-state index in [1.807, 2.05) is 0 Å². The Morgan fingerprint density at radius 2 is 2.14 bits per heavy atom. The third-order valence-corrected chi connectivity index (χ3v) is 2.40. The number of hydrogen-bond acceptors (Lipinski definition) is 3. The van der Waals surface area contributed by atoms with Crippen molar-refractivity contribution in [2.75, 3.05) is 0 Å². The molecule has 1 rings (SSSR count). The van der Waals surface area contributed by atoms with Crippen LogP contribution in [0.5, 0.6) is 11.5 Å². The van der Waals surface area contributed by atoms with Gasteiger partial charge in [-0.25, -0.2) is 4.39 Å². The number of carbonyl (C=O) groups excluding carboxylic acids is 1. The minimum atomic E-state index is -0.966. The van der Waals surface area contributed by atoms with Gasteiger partial charge < -0.3 is 10.2 Å². The third-order valence-electron chi connectivity index (χ3n) is 1.69. The van der Waals surface area contributed by atoms with E-state index in [9.17, 15) is 9.18 Å². The summed E-state index contributed by atoms with van der Waals surface area (Å²) in [6.45, 7) is 1.32. The molecule has 2 N–H and O–H groups in total. The first-order valence-corrected chi connectivity index (χ1v) is 4.61. The summed E-state index contributed by atoms with van der Waals surface area (Å²) in [5.41, 5.74) is 0.0489. The van der Waals surface area contributed by atoms with E-state index in [1.54, 1.807) is 0 Å². The molecule has 0 heterocycles. The Labute approximate surface area is 88.3 Å². The van der Waals surface area contributed by atoms with Gasteiger partial charge in [-0.3, -0.25) is 4.79 Å². The second-order valence-corrected chi connectivity index (χ2v) is 3.75. The van der Waals surface area contributed by atoms with Crippen LogP contribution in [-0.2, 0) is 11.2 Å². The molecule has 0 amide bonds. The van der Waals surface area contributed by atoms with E-state index >= 15 is 0 Å². The quantitative estimate of drug-likeness (QED) is 0.803. The Hall–Kier alpha value is -1.10. The standard InChI is InChI=1S/C9H8BrFO3/c1-4(12)2-5-6(10)3-7(13)9(14)8(5)11/h3,13-14H,2H2,1H3. The van der Waals surface area contributed by atoms with Crippen molar-refractivity contribution >= 4 is 21.7 Å². The van der Waals surface area contributed by atoms with E-state index in [2.05, 4.69) is 15.9 Å². The lowest BCUT2D eigenvalue weighted by Gasteiger charge is -2.07. The zero-order valence-corrected chi connectivity index (χ0v) is 8.93. The summed E-state index contributed by atoms with van der Waals surface area (Å²) in [7, 11) is 0. The molecule has 0 radical (unpaired) electrons. The number of ketones is 1. The van der Waals surface area contributed by atoms with E-state index < -0.39 is 17.3 Å². The molecule has 14 heavy (non-hydrogen) atoms. The number of rotatable bonds is 2. The third kappa shape index (κ3) is 2.04. The molecule has 1 aromatic carbocycles. The predicted octanol–water partition coefficient (Wildman–Crippen LogP) is 2.13. The molecule has 3 nitrogen and oxygen atoms in total. The van der Waals surface area contributed by atoms with Crippen LogP contribution >= 0.6 is 15.9 Å². The Morgan fingerprint density at radius 3 is 2.64 bits per heavy atom. The zero-order valence-electron chi connectivity index (χ0n) is 7.34. The lowest BCUT2D eigenvalue weighted by atomic mass is 10.1. The van der Waals surface area contributed by atoms with Gasteiger partial charge >= 0.3 is 0 Å². The fraction of sp³-hybridized carbons (Fsp3) is 0.222. The summed E-state index contributed by atoms with van der Waals surface area (Å²) in [5, 5.41) is 18.1. The Kier molecular flexibility index (Phi) is 3.10. The molecule has 0 fully saturated rings. The Morgan fingerprint density at radius 1 is 1.57 bits per heavy atom. The molecule has 5 heteroatoms. The maximum absolute atomic E-state index is 13.3. The molecule has 0 atom stereocenters. The monoisotopic (exact) mass is 262 g/mol. The molecule has 0 saturated carbocycles. The lowest BCUT2D eigenvalue weighted by Crippen LogP contribution is -2.01. The summed E-state index contributed by atoms with van der Waals surface area (Å²) in [6, 6.07) is 1.15. The predicted molar refractivity (Wildman–Crippen MR) is 51.8 cm³/mol. The highest BCUT2D eigenvalue weighted by Crippen LogP contribution is 2.35. The number of Topliss-reactive ketones (excluding diaryl/α,β-unsaturated/α-hetero) is 1. The van der Waals surface area contributed by atoms with Gasteiger partial charge in [-0.15, -0.1) is 0 Å². The minimum Gasteiger partial charge on any atom is -0.504 e. The molecule has 0 aliphatic heterocycles. The first-order chi connectivity index (χ1) is 6.43. The molecule has 0 spiro atoms. The van der Waals surface area contributed by atoms with E-state index in [-0.39, 0.29) is 22.2 Å². The number of phenolic OH excluding ortho intramolecular Hbond substituents is 2. The lowest BCUT2D eigenvalue weighted by molar-refractivity contribution is -0.116. The first kappa shape index (κ1) is 11.0. The van der Waals surface area contributed by atoms with Crippen molar-refractivity contribution < 1.29 is 19.4 Å². The molecular weight excluding hydrogens is 255 g/mol. The summed E-state index contributed by atoms with van der Waals surface area (Å²) < 4.78 is 13.6. The molecule has 0 aliphatic rings. The number of hydrogen-bond donors (Lipinski definition) is 2. The SMILES string of the molecule is CC(=O)Cc1c(Br)cc(O)c(O)c1F. The largest absolute Gasteiger partial charge is 0.504 e. The van der Waals surface area contributed by atoms with Crippen LogP contribution < -0.4 is 0 Å². The zero-order chi connectivity index (χ0) is 10.9. The number of halogens is 2. The molecular formula is C9H8BrFO3. The van der Waals surface area contributed by atoms with Crippen molar-refractivity contribution in [3.05, 3.63) is 21.9 Å². The van der Waals surface area contributed by atoms with Gasteiger partial charge in [0.1, 0.15) is 5.78 Å². The maximum Gasteiger partial charge on any atom is 0.194 e. The summed E-state index contributed by atoms with van der Waals surface area (Å²) >= 11 is 3.00. The molecule has 0 unspecified atom stereocenters. The second-order valence-electron chi connectivity index (χ2n) is 2.90. The van der Waals surface area contributed by atoms with Gasteiger partial charge in [0.2, 0.25) is 0 Å². The van der Waals surface area contributed by atoms with Crippen molar-refractivity contribution in [2.45, 2.75) is 13.3 Å². The van der Waals surface area contributed by atoms with Crippen molar-refractivity contribution in [3.8, 4) is 11.5 Å². The van der Waals surface area contributed by atoms with Crippen LogP contribution in [-0.4, -0.2) is 16.0 Å². The average molecular weight is 263 g/mol. The number of carbonyl (C=O) groups is 1. The van der Waals surface area contributed by atoms with Crippen molar-refractivity contribution in [3.63, 3.8) is 0 Å². The first-order valence-electron chi connectivity index (χ1n) is 3.81. The van der Waals surface area contributed by atoms with Gasteiger partial charge in [0.15, 0.2) is 17.3 Å². The molecule has 0 aliphatic carbocycles. The summed E-state index contributed by atoms with van der Waals surface area (Å²) in [5.74, 6) is -2.58. The highest BCUT2D eigenvalue weighted by molar-refractivity contribution is 9.10. The van der Waals surface area contributed by atoms with Crippen LogP contribution in [0.25, 0.3) is 0 Å². The fourth-order valence-electron chi connectivity index (χ4n) is 1.05. The van der Waals surface area contributed by atoms with Gasteiger partial charge in [-0.2, -0.15) is 0 Å².